The van der Waals surface area contributed by atoms with Crippen molar-refractivity contribution in [2.45, 2.75) is 11.4 Å². The van der Waals surface area contributed by atoms with Gasteiger partial charge in [0.05, 0.1) is 26.2 Å². The van der Waals surface area contributed by atoms with Gasteiger partial charge in [0, 0.05) is 6.54 Å². The second-order valence-corrected chi connectivity index (χ2v) is 8.56. The van der Waals surface area contributed by atoms with Crippen LogP contribution in [0.5, 0.6) is 0 Å². The minimum atomic E-state index is -3.96. The molecule has 0 saturated carbocycles. The molecule has 9 heteroatoms. The fourth-order valence-electron chi connectivity index (χ4n) is 2.49. The van der Waals surface area contributed by atoms with Crippen LogP contribution in [0.1, 0.15) is 15.9 Å². The summed E-state index contributed by atoms with van der Waals surface area (Å²) < 4.78 is 41.7. The van der Waals surface area contributed by atoms with Crippen molar-refractivity contribution in [2.75, 3.05) is 5.32 Å². The molecule has 3 aromatic carbocycles. The highest BCUT2D eigenvalue weighted by Crippen LogP contribution is 2.30. The molecular weight excluding hydrogens is 438 g/mol. The molecule has 0 radical (unpaired) electrons. The first-order valence-electron chi connectivity index (χ1n) is 8.36. The average molecular weight is 453 g/mol. The molecule has 29 heavy (non-hydrogen) atoms. The van der Waals surface area contributed by atoms with Crippen molar-refractivity contribution < 1.29 is 17.6 Å². The smallest absolute Gasteiger partial charge is 0.258 e. The molecule has 150 valence electrons. The minimum absolute atomic E-state index is 0.0558. The molecule has 0 unspecified atom stereocenters. The Morgan fingerprint density at radius 2 is 1.69 bits per heavy atom. The number of carbonyl (C=O) groups excluding carboxylic acids is 1. The molecular formula is C20H15Cl2FN2O3S. The van der Waals surface area contributed by atoms with Crippen LogP contribution >= 0.6 is 23.2 Å². The Morgan fingerprint density at radius 1 is 0.966 bits per heavy atom. The molecule has 3 aromatic rings. The van der Waals surface area contributed by atoms with Crippen LogP contribution in [0.3, 0.4) is 0 Å². The lowest BCUT2D eigenvalue weighted by Gasteiger charge is -2.11. The highest BCUT2D eigenvalue weighted by Gasteiger charge is 2.20. The first kappa shape index (κ1) is 21.3. The number of benzene rings is 3. The van der Waals surface area contributed by atoms with Crippen molar-refractivity contribution >= 4 is 44.8 Å². The molecule has 0 spiro atoms. The molecule has 2 N–H and O–H groups in total. The summed E-state index contributed by atoms with van der Waals surface area (Å²) in [5.41, 5.74) is 0.495. The van der Waals surface area contributed by atoms with Gasteiger partial charge in [0.1, 0.15) is 5.82 Å². The van der Waals surface area contributed by atoms with Gasteiger partial charge in [-0.3, -0.25) is 4.79 Å². The van der Waals surface area contributed by atoms with E-state index in [9.17, 15) is 17.6 Å². The summed E-state index contributed by atoms with van der Waals surface area (Å²) in [6, 6.07) is 16.5. The zero-order valence-corrected chi connectivity index (χ0v) is 17.2. The van der Waals surface area contributed by atoms with Crippen LogP contribution in [0.25, 0.3) is 0 Å². The highest BCUT2D eigenvalue weighted by molar-refractivity contribution is 7.89. The summed E-state index contributed by atoms with van der Waals surface area (Å²) in [5.74, 6) is -1.73. The molecule has 1 amide bonds. The number of nitrogens with one attached hydrogen (secondary N) is 2. The lowest BCUT2D eigenvalue weighted by molar-refractivity contribution is 0.102. The van der Waals surface area contributed by atoms with E-state index in [-0.39, 0.29) is 27.2 Å². The van der Waals surface area contributed by atoms with Crippen LogP contribution in [0.4, 0.5) is 10.1 Å². The Balaban J connectivity index is 1.83. The van der Waals surface area contributed by atoms with Gasteiger partial charge < -0.3 is 5.32 Å². The normalized spacial score (nSPS) is 11.3. The van der Waals surface area contributed by atoms with Gasteiger partial charge in [-0.15, -0.1) is 0 Å². The van der Waals surface area contributed by atoms with Crippen molar-refractivity contribution in [1.82, 2.24) is 4.72 Å². The third kappa shape index (κ3) is 5.13. The summed E-state index contributed by atoms with van der Waals surface area (Å²) in [7, 11) is -3.96. The summed E-state index contributed by atoms with van der Waals surface area (Å²) in [6.07, 6.45) is 0. The number of carbonyl (C=O) groups is 1. The number of hydrogen-bond donors (Lipinski definition) is 2. The Hall–Kier alpha value is -2.45. The quantitative estimate of drug-likeness (QED) is 0.560. The maximum atomic E-state index is 14.2. The SMILES string of the molecule is O=C(Nc1cccc(Cl)c1Cl)c1cc(S(=O)(=O)NCc2ccccc2)ccc1F. The van der Waals surface area contributed by atoms with Crippen molar-refractivity contribution in [1.29, 1.82) is 0 Å². The number of hydrogen-bond acceptors (Lipinski definition) is 3. The maximum Gasteiger partial charge on any atom is 0.258 e. The second-order valence-electron chi connectivity index (χ2n) is 6.01. The Bertz CT molecular complexity index is 1160. The Labute approximate surface area is 177 Å². The summed E-state index contributed by atoms with van der Waals surface area (Å²) in [4.78, 5) is 12.3. The van der Waals surface area contributed by atoms with Crippen LogP contribution in [-0.2, 0) is 16.6 Å². The highest BCUT2D eigenvalue weighted by atomic mass is 35.5. The van der Waals surface area contributed by atoms with Gasteiger partial charge in [0.25, 0.3) is 5.91 Å². The van der Waals surface area contributed by atoms with Gasteiger partial charge in [-0.1, -0.05) is 59.6 Å². The number of anilines is 1. The van der Waals surface area contributed by atoms with Crippen molar-refractivity contribution in [3.05, 3.63) is 93.7 Å². The molecule has 0 aromatic heterocycles. The van der Waals surface area contributed by atoms with Crippen molar-refractivity contribution in [3.8, 4) is 0 Å². The van der Waals surface area contributed by atoms with E-state index in [0.717, 1.165) is 23.8 Å². The number of sulfonamides is 1. The number of amides is 1. The molecule has 5 nitrogen and oxygen atoms in total. The van der Waals surface area contributed by atoms with Gasteiger partial charge in [0.15, 0.2) is 0 Å². The van der Waals surface area contributed by atoms with Gasteiger partial charge in [-0.05, 0) is 35.9 Å². The summed E-state index contributed by atoms with van der Waals surface area (Å²) >= 11 is 11.9. The Morgan fingerprint density at radius 3 is 2.41 bits per heavy atom. The van der Waals surface area contributed by atoms with E-state index in [1.54, 1.807) is 30.3 Å². The van der Waals surface area contributed by atoms with Crippen LogP contribution < -0.4 is 10.0 Å². The number of rotatable bonds is 6. The second kappa shape index (κ2) is 8.92. The standard InChI is InChI=1S/C20H15Cl2FN2O3S/c21-16-7-4-8-18(19(16)22)25-20(26)15-11-14(9-10-17(15)23)29(27,28)24-12-13-5-2-1-3-6-13/h1-11,24H,12H2,(H,25,26). The monoisotopic (exact) mass is 452 g/mol. The molecule has 0 aliphatic carbocycles. The minimum Gasteiger partial charge on any atom is -0.320 e. The topological polar surface area (TPSA) is 75.3 Å². The van der Waals surface area contributed by atoms with Crippen molar-refractivity contribution in [2.24, 2.45) is 0 Å². The lowest BCUT2D eigenvalue weighted by Crippen LogP contribution is -2.24. The van der Waals surface area contributed by atoms with Gasteiger partial charge in [-0.2, -0.15) is 0 Å². The molecule has 0 saturated heterocycles. The first-order chi connectivity index (χ1) is 13.8. The zero-order chi connectivity index (χ0) is 21.0. The third-order valence-electron chi connectivity index (χ3n) is 4.00. The summed E-state index contributed by atoms with van der Waals surface area (Å²) in [6.45, 7) is 0.0558. The van der Waals surface area contributed by atoms with E-state index >= 15 is 0 Å². The van der Waals surface area contributed by atoms with Gasteiger partial charge in [-0.25, -0.2) is 17.5 Å². The molecule has 0 bridgehead atoms. The van der Waals surface area contributed by atoms with Crippen molar-refractivity contribution in [3.63, 3.8) is 0 Å². The van der Waals surface area contributed by atoms with E-state index in [1.165, 1.54) is 12.1 Å². The summed E-state index contributed by atoms with van der Waals surface area (Å²) in [5, 5.41) is 2.74. The third-order valence-corrected chi connectivity index (χ3v) is 6.22. The molecule has 3 rings (SSSR count). The van der Waals surface area contributed by atoms with Crippen LogP contribution in [0, 0.1) is 5.82 Å². The fourth-order valence-corrected chi connectivity index (χ4v) is 3.88. The molecule has 0 fully saturated rings. The van der Waals surface area contributed by atoms with E-state index < -0.39 is 27.3 Å². The van der Waals surface area contributed by atoms with E-state index in [4.69, 9.17) is 23.2 Å². The molecule has 0 aliphatic heterocycles. The molecule has 0 atom stereocenters. The van der Waals surface area contributed by atoms with Crippen LogP contribution in [-0.4, -0.2) is 14.3 Å². The first-order valence-corrected chi connectivity index (χ1v) is 10.6. The predicted molar refractivity (Wildman–Crippen MR) is 111 cm³/mol. The van der Waals surface area contributed by atoms with E-state index in [2.05, 4.69) is 10.0 Å². The van der Waals surface area contributed by atoms with Crippen LogP contribution in [0.15, 0.2) is 71.6 Å². The van der Waals surface area contributed by atoms with Gasteiger partial charge >= 0.3 is 0 Å². The fraction of sp³-hybridized carbons (Fsp3) is 0.0500. The zero-order valence-electron chi connectivity index (χ0n) is 14.8. The van der Waals surface area contributed by atoms with E-state index in [0.29, 0.717) is 0 Å². The molecule has 0 aliphatic rings. The Kier molecular flexibility index (Phi) is 6.54. The lowest BCUT2D eigenvalue weighted by atomic mass is 10.2. The predicted octanol–water partition coefficient (Wildman–Crippen LogP) is 4.86. The molecule has 0 heterocycles. The van der Waals surface area contributed by atoms with E-state index in [1.807, 2.05) is 6.07 Å². The largest absolute Gasteiger partial charge is 0.320 e. The van der Waals surface area contributed by atoms with Crippen LogP contribution in [0.2, 0.25) is 10.0 Å². The maximum absolute atomic E-state index is 14.2. The van der Waals surface area contributed by atoms with Gasteiger partial charge in [0.2, 0.25) is 10.0 Å². The number of halogens is 3. The average Bonchev–Trinajstić information content (AvgIpc) is 2.71.